The van der Waals surface area contributed by atoms with Crippen LogP contribution in [0.2, 0.25) is 0 Å². The SMILES string of the molecule is CN1CCN(CCc2c(OCc3ccc(Br)cc3)ccc3ccccc23)CC1. The molecule has 3 aromatic carbocycles. The van der Waals surface area contributed by atoms with Gasteiger partial charge < -0.3 is 14.5 Å². The van der Waals surface area contributed by atoms with Gasteiger partial charge in [0.15, 0.2) is 0 Å². The first kappa shape index (κ1) is 19.4. The smallest absolute Gasteiger partial charge is 0.123 e. The molecule has 1 saturated heterocycles. The van der Waals surface area contributed by atoms with Crippen molar-refractivity contribution in [3.8, 4) is 5.75 Å². The average molecular weight is 439 g/mol. The molecule has 0 N–H and O–H groups in total. The van der Waals surface area contributed by atoms with Crippen LogP contribution in [0, 0.1) is 0 Å². The van der Waals surface area contributed by atoms with Gasteiger partial charge in [-0.1, -0.05) is 58.4 Å². The molecule has 0 unspecified atom stereocenters. The zero-order valence-electron chi connectivity index (χ0n) is 16.4. The van der Waals surface area contributed by atoms with Crippen LogP contribution in [0.5, 0.6) is 5.75 Å². The molecule has 3 aromatic rings. The van der Waals surface area contributed by atoms with E-state index in [4.69, 9.17) is 4.74 Å². The number of piperazine rings is 1. The van der Waals surface area contributed by atoms with Gasteiger partial charge in [0.05, 0.1) is 0 Å². The first-order valence-electron chi connectivity index (χ1n) is 9.98. The van der Waals surface area contributed by atoms with Crippen molar-refractivity contribution >= 4 is 26.7 Å². The van der Waals surface area contributed by atoms with Gasteiger partial charge in [-0.15, -0.1) is 0 Å². The minimum atomic E-state index is 0.590. The number of hydrogen-bond acceptors (Lipinski definition) is 3. The quantitative estimate of drug-likeness (QED) is 0.540. The second-order valence-corrected chi connectivity index (χ2v) is 8.49. The van der Waals surface area contributed by atoms with Gasteiger partial charge in [0.2, 0.25) is 0 Å². The normalized spacial score (nSPS) is 15.8. The highest BCUT2D eigenvalue weighted by Crippen LogP contribution is 2.29. The molecular weight excluding hydrogens is 412 g/mol. The number of rotatable bonds is 6. The van der Waals surface area contributed by atoms with Crippen LogP contribution < -0.4 is 4.74 Å². The Morgan fingerprint density at radius 1 is 0.893 bits per heavy atom. The van der Waals surface area contributed by atoms with E-state index in [1.54, 1.807) is 0 Å². The molecule has 1 aliphatic heterocycles. The van der Waals surface area contributed by atoms with E-state index in [-0.39, 0.29) is 0 Å². The van der Waals surface area contributed by atoms with Crippen LogP contribution in [-0.4, -0.2) is 49.6 Å². The summed E-state index contributed by atoms with van der Waals surface area (Å²) in [6.45, 7) is 6.28. The number of nitrogens with zero attached hydrogens (tertiary/aromatic N) is 2. The fourth-order valence-corrected chi connectivity index (χ4v) is 4.06. The maximum atomic E-state index is 6.29. The number of ether oxygens (including phenoxy) is 1. The summed E-state index contributed by atoms with van der Waals surface area (Å²) in [4.78, 5) is 4.97. The molecule has 0 spiro atoms. The molecule has 28 heavy (non-hydrogen) atoms. The van der Waals surface area contributed by atoms with Crippen LogP contribution in [0.3, 0.4) is 0 Å². The van der Waals surface area contributed by atoms with E-state index >= 15 is 0 Å². The van der Waals surface area contributed by atoms with Crippen molar-refractivity contribution in [3.05, 3.63) is 76.3 Å². The van der Waals surface area contributed by atoms with E-state index in [9.17, 15) is 0 Å². The Morgan fingerprint density at radius 3 is 2.43 bits per heavy atom. The molecule has 4 rings (SSSR count). The fourth-order valence-electron chi connectivity index (χ4n) is 3.79. The van der Waals surface area contributed by atoms with Gasteiger partial charge in [-0.25, -0.2) is 0 Å². The van der Waals surface area contributed by atoms with Crippen molar-refractivity contribution in [1.82, 2.24) is 9.80 Å². The van der Waals surface area contributed by atoms with Gasteiger partial charge in [-0.3, -0.25) is 0 Å². The van der Waals surface area contributed by atoms with Gasteiger partial charge in [-0.2, -0.15) is 0 Å². The Labute approximate surface area is 176 Å². The average Bonchev–Trinajstić information content (AvgIpc) is 2.73. The molecule has 1 fully saturated rings. The first-order chi connectivity index (χ1) is 13.7. The van der Waals surface area contributed by atoms with Crippen LogP contribution in [0.4, 0.5) is 0 Å². The summed E-state index contributed by atoms with van der Waals surface area (Å²) in [5.41, 5.74) is 2.51. The van der Waals surface area contributed by atoms with Gasteiger partial charge in [0, 0.05) is 42.8 Å². The lowest BCUT2D eigenvalue weighted by atomic mass is 10.0. The minimum Gasteiger partial charge on any atom is -0.489 e. The second kappa shape index (κ2) is 9.08. The third-order valence-corrected chi connectivity index (χ3v) is 6.11. The summed E-state index contributed by atoms with van der Waals surface area (Å²) < 4.78 is 7.38. The van der Waals surface area contributed by atoms with E-state index in [0.29, 0.717) is 6.61 Å². The molecule has 4 heteroatoms. The Morgan fingerprint density at radius 2 is 1.64 bits per heavy atom. The van der Waals surface area contributed by atoms with E-state index in [2.05, 4.69) is 93.4 Å². The molecule has 0 aliphatic carbocycles. The summed E-state index contributed by atoms with van der Waals surface area (Å²) in [6.07, 6.45) is 1.01. The molecule has 1 aliphatic rings. The van der Waals surface area contributed by atoms with Crippen LogP contribution >= 0.6 is 15.9 Å². The minimum absolute atomic E-state index is 0.590. The predicted octanol–water partition coefficient (Wildman–Crippen LogP) is 4.97. The largest absolute Gasteiger partial charge is 0.489 e. The van der Waals surface area contributed by atoms with Crippen molar-refractivity contribution in [2.24, 2.45) is 0 Å². The summed E-state index contributed by atoms with van der Waals surface area (Å²) in [6, 6.07) is 21.3. The predicted molar refractivity (Wildman–Crippen MR) is 120 cm³/mol. The van der Waals surface area contributed by atoms with E-state index in [1.807, 2.05) is 0 Å². The standard InChI is InChI=1S/C24H27BrN2O/c1-26-14-16-27(17-15-26)13-12-23-22-5-3-2-4-20(22)8-11-24(23)28-18-19-6-9-21(25)10-7-19/h2-11H,12-18H2,1H3. The number of halogens is 1. The number of hydrogen-bond donors (Lipinski definition) is 0. The highest BCUT2D eigenvalue weighted by Gasteiger charge is 2.16. The van der Waals surface area contributed by atoms with Gasteiger partial charge >= 0.3 is 0 Å². The number of likely N-dealkylation sites (N-methyl/N-ethyl adjacent to an activating group) is 1. The van der Waals surface area contributed by atoms with Crippen molar-refractivity contribution < 1.29 is 4.74 Å². The molecule has 1 heterocycles. The zero-order valence-corrected chi connectivity index (χ0v) is 18.0. The van der Waals surface area contributed by atoms with Gasteiger partial charge in [-0.05, 0) is 48.0 Å². The third-order valence-electron chi connectivity index (χ3n) is 5.58. The molecule has 0 radical (unpaired) electrons. The van der Waals surface area contributed by atoms with Crippen molar-refractivity contribution in [2.45, 2.75) is 13.0 Å². The van der Waals surface area contributed by atoms with E-state index < -0.39 is 0 Å². The third kappa shape index (κ3) is 4.75. The van der Waals surface area contributed by atoms with Crippen LogP contribution in [-0.2, 0) is 13.0 Å². The lowest BCUT2D eigenvalue weighted by Gasteiger charge is -2.32. The fraction of sp³-hybridized carbons (Fsp3) is 0.333. The summed E-state index contributed by atoms with van der Waals surface area (Å²) >= 11 is 3.49. The molecule has 0 saturated carbocycles. The number of benzene rings is 3. The Hall–Kier alpha value is -1.88. The Kier molecular flexibility index (Phi) is 6.30. The summed E-state index contributed by atoms with van der Waals surface area (Å²) in [5.74, 6) is 1.01. The van der Waals surface area contributed by atoms with Crippen LogP contribution in [0.1, 0.15) is 11.1 Å². The summed E-state index contributed by atoms with van der Waals surface area (Å²) in [7, 11) is 2.20. The molecule has 0 atom stereocenters. The van der Waals surface area contributed by atoms with Crippen molar-refractivity contribution in [2.75, 3.05) is 39.8 Å². The number of fused-ring (bicyclic) bond motifs is 1. The van der Waals surface area contributed by atoms with Gasteiger partial charge in [0.25, 0.3) is 0 Å². The maximum absolute atomic E-state index is 6.29. The first-order valence-corrected chi connectivity index (χ1v) is 10.8. The highest BCUT2D eigenvalue weighted by molar-refractivity contribution is 9.10. The molecule has 0 aromatic heterocycles. The Balaban J connectivity index is 1.53. The van der Waals surface area contributed by atoms with Gasteiger partial charge in [0.1, 0.15) is 12.4 Å². The van der Waals surface area contributed by atoms with Crippen molar-refractivity contribution in [1.29, 1.82) is 0 Å². The van der Waals surface area contributed by atoms with Crippen LogP contribution in [0.15, 0.2) is 65.1 Å². The lowest BCUT2D eigenvalue weighted by Crippen LogP contribution is -2.45. The highest BCUT2D eigenvalue weighted by atomic mass is 79.9. The zero-order chi connectivity index (χ0) is 19.3. The van der Waals surface area contributed by atoms with Crippen molar-refractivity contribution in [3.63, 3.8) is 0 Å². The molecule has 0 bridgehead atoms. The lowest BCUT2D eigenvalue weighted by molar-refractivity contribution is 0.155. The van der Waals surface area contributed by atoms with E-state index in [0.717, 1.165) is 49.4 Å². The Bertz CT molecular complexity index is 918. The second-order valence-electron chi connectivity index (χ2n) is 7.57. The molecule has 3 nitrogen and oxygen atoms in total. The molecular formula is C24H27BrN2O. The molecule has 146 valence electrons. The maximum Gasteiger partial charge on any atom is 0.123 e. The summed E-state index contributed by atoms with van der Waals surface area (Å²) in [5, 5.41) is 2.59. The topological polar surface area (TPSA) is 15.7 Å². The monoisotopic (exact) mass is 438 g/mol. The molecule has 0 amide bonds. The van der Waals surface area contributed by atoms with E-state index in [1.165, 1.54) is 21.9 Å². The van der Waals surface area contributed by atoms with Crippen LogP contribution in [0.25, 0.3) is 10.8 Å².